The van der Waals surface area contributed by atoms with Crippen LogP contribution < -0.4 is 10.1 Å². The third kappa shape index (κ3) is 5.37. The predicted molar refractivity (Wildman–Crippen MR) is 79.0 cm³/mol. The number of benzene rings is 1. The van der Waals surface area contributed by atoms with Gasteiger partial charge in [-0.2, -0.15) is 0 Å². The minimum Gasteiger partial charge on any atom is -0.490 e. The maximum atomic E-state index is 5.81. The number of hydrogen-bond donors (Lipinski definition) is 1. The first kappa shape index (κ1) is 14.8. The van der Waals surface area contributed by atoms with Gasteiger partial charge < -0.3 is 10.1 Å². The lowest BCUT2D eigenvalue weighted by Crippen LogP contribution is -2.24. The van der Waals surface area contributed by atoms with E-state index in [0.717, 1.165) is 17.9 Å². The first-order valence-electron chi connectivity index (χ1n) is 6.65. The Bertz CT molecular complexity index is 394. The summed E-state index contributed by atoms with van der Waals surface area (Å²) in [6.07, 6.45) is 2.39. The molecule has 0 aromatic heterocycles. The summed E-state index contributed by atoms with van der Waals surface area (Å²) >= 11 is 0. The van der Waals surface area contributed by atoms with Crippen LogP contribution in [0.4, 0.5) is 0 Å². The molecule has 0 bridgehead atoms. The van der Waals surface area contributed by atoms with E-state index in [1.807, 2.05) is 32.0 Å². The second kappa shape index (κ2) is 7.22. The van der Waals surface area contributed by atoms with Gasteiger partial charge in [-0.1, -0.05) is 43.7 Å². The van der Waals surface area contributed by atoms with Gasteiger partial charge in [-0.3, -0.25) is 0 Å². The molecule has 0 aliphatic heterocycles. The number of ether oxygens (including phenoxy) is 1. The zero-order valence-electron chi connectivity index (χ0n) is 12.2. The summed E-state index contributed by atoms with van der Waals surface area (Å²) < 4.78 is 5.81. The lowest BCUT2D eigenvalue weighted by Gasteiger charge is -2.13. The topological polar surface area (TPSA) is 21.3 Å². The van der Waals surface area contributed by atoms with Gasteiger partial charge in [0.1, 0.15) is 5.75 Å². The Morgan fingerprint density at radius 3 is 2.50 bits per heavy atom. The van der Waals surface area contributed by atoms with Crippen molar-refractivity contribution >= 4 is 6.08 Å². The normalized spacial score (nSPS) is 12.3. The van der Waals surface area contributed by atoms with Gasteiger partial charge in [-0.05, 0) is 26.8 Å². The van der Waals surface area contributed by atoms with Crippen LogP contribution in [-0.4, -0.2) is 18.7 Å². The SMILES string of the molecule is CC(=Cc1ccccc1OC(C)C)CNC(C)C. The summed E-state index contributed by atoms with van der Waals surface area (Å²) in [7, 11) is 0. The van der Waals surface area contributed by atoms with Crippen LogP contribution in [0.25, 0.3) is 6.08 Å². The Balaban J connectivity index is 2.78. The fraction of sp³-hybridized carbons (Fsp3) is 0.500. The molecule has 0 saturated heterocycles. The molecule has 0 heterocycles. The third-order valence-electron chi connectivity index (χ3n) is 2.47. The van der Waals surface area contributed by atoms with Crippen LogP contribution in [0.3, 0.4) is 0 Å². The highest BCUT2D eigenvalue weighted by atomic mass is 16.5. The Morgan fingerprint density at radius 2 is 1.89 bits per heavy atom. The summed E-state index contributed by atoms with van der Waals surface area (Å²) in [4.78, 5) is 0. The van der Waals surface area contributed by atoms with Gasteiger partial charge in [-0.15, -0.1) is 0 Å². The Morgan fingerprint density at radius 1 is 1.22 bits per heavy atom. The van der Waals surface area contributed by atoms with Crippen molar-refractivity contribution in [1.29, 1.82) is 0 Å². The van der Waals surface area contributed by atoms with E-state index in [0.29, 0.717) is 6.04 Å². The molecule has 1 aromatic rings. The van der Waals surface area contributed by atoms with Crippen LogP contribution in [0.2, 0.25) is 0 Å². The van der Waals surface area contributed by atoms with E-state index in [4.69, 9.17) is 4.74 Å². The summed E-state index contributed by atoms with van der Waals surface area (Å²) in [6, 6.07) is 8.68. The van der Waals surface area contributed by atoms with Crippen molar-refractivity contribution < 1.29 is 4.74 Å². The van der Waals surface area contributed by atoms with Gasteiger partial charge >= 0.3 is 0 Å². The molecule has 0 unspecified atom stereocenters. The van der Waals surface area contributed by atoms with Gasteiger partial charge in [0, 0.05) is 18.2 Å². The van der Waals surface area contributed by atoms with E-state index in [1.54, 1.807) is 0 Å². The molecular formula is C16H25NO. The van der Waals surface area contributed by atoms with Crippen molar-refractivity contribution in [3.8, 4) is 5.75 Å². The van der Waals surface area contributed by atoms with Crippen molar-refractivity contribution in [3.05, 3.63) is 35.4 Å². The Labute approximate surface area is 111 Å². The monoisotopic (exact) mass is 247 g/mol. The summed E-state index contributed by atoms with van der Waals surface area (Å²) in [6.45, 7) is 11.5. The van der Waals surface area contributed by atoms with Crippen molar-refractivity contribution in [2.45, 2.75) is 46.8 Å². The minimum atomic E-state index is 0.202. The molecule has 0 fully saturated rings. The fourth-order valence-electron chi connectivity index (χ4n) is 1.64. The first-order valence-corrected chi connectivity index (χ1v) is 6.65. The van der Waals surface area contributed by atoms with E-state index < -0.39 is 0 Å². The maximum Gasteiger partial charge on any atom is 0.126 e. The van der Waals surface area contributed by atoms with Crippen LogP contribution in [0.15, 0.2) is 29.8 Å². The molecule has 0 atom stereocenters. The molecule has 0 radical (unpaired) electrons. The van der Waals surface area contributed by atoms with Crippen LogP contribution in [-0.2, 0) is 0 Å². The predicted octanol–water partition coefficient (Wildman–Crippen LogP) is 3.88. The molecule has 2 nitrogen and oxygen atoms in total. The fourth-order valence-corrected chi connectivity index (χ4v) is 1.64. The van der Waals surface area contributed by atoms with E-state index in [9.17, 15) is 0 Å². The zero-order chi connectivity index (χ0) is 13.5. The Kier molecular flexibility index (Phi) is 5.93. The van der Waals surface area contributed by atoms with E-state index in [2.05, 4.69) is 38.2 Å². The van der Waals surface area contributed by atoms with E-state index in [1.165, 1.54) is 5.57 Å². The van der Waals surface area contributed by atoms with Crippen molar-refractivity contribution in [3.63, 3.8) is 0 Å². The lowest BCUT2D eigenvalue weighted by atomic mass is 10.1. The average Bonchev–Trinajstić information content (AvgIpc) is 2.28. The van der Waals surface area contributed by atoms with Crippen LogP contribution in [0.1, 0.15) is 40.2 Å². The molecule has 1 rings (SSSR count). The smallest absolute Gasteiger partial charge is 0.126 e. The largest absolute Gasteiger partial charge is 0.490 e. The molecule has 0 aliphatic carbocycles. The molecule has 0 amide bonds. The van der Waals surface area contributed by atoms with Gasteiger partial charge in [0.15, 0.2) is 0 Å². The summed E-state index contributed by atoms with van der Waals surface area (Å²) in [5, 5.41) is 3.42. The second-order valence-electron chi connectivity index (χ2n) is 5.23. The molecule has 1 aromatic carbocycles. The molecule has 0 saturated carbocycles. The quantitative estimate of drug-likeness (QED) is 0.824. The average molecular weight is 247 g/mol. The van der Waals surface area contributed by atoms with Gasteiger partial charge in [0.2, 0.25) is 0 Å². The molecule has 18 heavy (non-hydrogen) atoms. The number of hydrogen-bond acceptors (Lipinski definition) is 2. The van der Waals surface area contributed by atoms with Crippen molar-refractivity contribution in [2.75, 3.05) is 6.54 Å². The van der Waals surface area contributed by atoms with Crippen molar-refractivity contribution in [1.82, 2.24) is 5.32 Å². The molecule has 0 spiro atoms. The lowest BCUT2D eigenvalue weighted by molar-refractivity contribution is 0.242. The van der Waals surface area contributed by atoms with Gasteiger partial charge in [0.05, 0.1) is 6.10 Å². The first-order chi connectivity index (χ1) is 8.49. The molecule has 2 heteroatoms. The van der Waals surface area contributed by atoms with Gasteiger partial charge in [-0.25, -0.2) is 0 Å². The standard InChI is InChI=1S/C16H25NO/c1-12(2)17-11-14(5)10-15-8-6-7-9-16(15)18-13(3)4/h6-10,12-13,17H,11H2,1-5H3. The van der Waals surface area contributed by atoms with Gasteiger partial charge in [0.25, 0.3) is 0 Å². The van der Waals surface area contributed by atoms with Crippen LogP contribution in [0, 0.1) is 0 Å². The number of para-hydroxylation sites is 1. The molecule has 1 N–H and O–H groups in total. The summed E-state index contributed by atoms with van der Waals surface area (Å²) in [5.41, 5.74) is 2.46. The minimum absolute atomic E-state index is 0.202. The van der Waals surface area contributed by atoms with Crippen molar-refractivity contribution in [2.24, 2.45) is 0 Å². The highest BCUT2D eigenvalue weighted by Crippen LogP contribution is 2.21. The Hall–Kier alpha value is -1.28. The van der Waals surface area contributed by atoms with E-state index in [-0.39, 0.29) is 6.10 Å². The number of nitrogens with one attached hydrogen (secondary N) is 1. The third-order valence-corrected chi connectivity index (χ3v) is 2.47. The van der Waals surface area contributed by atoms with Crippen LogP contribution in [0.5, 0.6) is 5.75 Å². The maximum absolute atomic E-state index is 5.81. The summed E-state index contributed by atoms with van der Waals surface area (Å²) in [5.74, 6) is 0.955. The molecule has 100 valence electrons. The second-order valence-corrected chi connectivity index (χ2v) is 5.23. The van der Waals surface area contributed by atoms with E-state index >= 15 is 0 Å². The number of rotatable bonds is 6. The molecule has 0 aliphatic rings. The highest BCUT2D eigenvalue weighted by Gasteiger charge is 2.03. The van der Waals surface area contributed by atoms with Crippen LogP contribution >= 0.6 is 0 Å². The molecular weight excluding hydrogens is 222 g/mol. The highest BCUT2D eigenvalue weighted by molar-refractivity contribution is 5.59. The zero-order valence-corrected chi connectivity index (χ0v) is 12.2.